The lowest BCUT2D eigenvalue weighted by molar-refractivity contribution is -0.155. The molecule has 2 N–H and O–H groups in total. The summed E-state index contributed by atoms with van der Waals surface area (Å²) in [7, 11) is 3.40. The zero-order valence-electron chi connectivity index (χ0n) is 55.2. The van der Waals surface area contributed by atoms with E-state index in [-0.39, 0.29) is 77.7 Å². The summed E-state index contributed by atoms with van der Waals surface area (Å²) in [4.78, 5) is 75.1. The quantitative estimate of drug-likeness (QED) is 0.110. The van der Waals surface area contributed by atoms with Crippen molar-refractivity contribution in [2.75, 3.05) is 84.4 Å². The maximum atomic E-state index is 15.4. The molecule has 6 aliphatic heterocycles. The van der Waals surface area contributed by atoms with Gasteiger partial charge in [0.1, 0.15) is 24.7 Å². The number of likely N-dealkylation sites (tertiary alicyclic amines) is 2. The number of benzene rings is 1. The van der Waals surface area contributed by atoms with Crippen molar-refractivity contribution < 1.29 is 52.8 Å². The largest absolute Gasteiger partial charge is 0.464 e. The van der Waals surface area contributed by atoms with Gasteiger partial charge in [-0.25, -0.2) is 10.4 Å². The predicted octanol–water partition coefficient (Wildman–Crippen LogP) is 7.07. The minimum atomic E-state index is -4.86. The lowest BCUT2D eigenvalue weighted by atomic mass is 9.84. The van der Waals surface area contributed by atoms with E-state index in [0.717, 1.165) is 23.6 Å². The van der Waals surface area contributed by atoms with Crippen molar-refractivity contribution in [3.63, 3.8) is 0 Å². The standard InChI is InChI=1S/C60H80F3N11O6S/c1-35(2)50(71-19-16-59(31-71)17-20-72(32-59)56(77)53-51(68(53)6)37-10-11-37)54(75)66-45-27-48-65-46(30-81-48)38-12-15-47-41(25-38)43(28-58(4,5)34-80-57(78)44-9-8-18-74(67-44)55(45)76)52(73(47)33-60(61,62)63)42-26-40(29-64-49(42)36(3)79-7)70-23-21-69(22-24-70)39-13-14-39/h12,15,25-26,29-30,35-37,39,44-45,50-51,53,67H,8-11,13-14,16-24,27-28,31-34H2,1-7H3,(H,66,75)/t36-,44-,45-,50-,51+,53+,59-,68?/m0/s1/i21D2,22D2,23D2,24D2. The van der Waals surface area contributed by atoms with Crippen LogP contribution in [0.25, 0.3) is 33.4 Å². The predicted molar refractivity (Wildman–Crippen MR) is 303 cm³/mol. The first-order valence-corrected chi connectivity index (χ1v) is 29.7. The van der Waals surface area contributed by atoms with Gasteiger partial charge in [-0.15, -0.1) is 11.3 Å². The maximum Gasteiger partial charge on any atom is 0.406 e. The summed E-state index contributed by atoms with van der Waals surface area (Å²) in [6, 6.07) is 2.76. The summed E-state index contributed by atoms with van der Waals surface area (Å²) in [6.45, 7) is -2.83. The SMILES string of the molecule is [2H]C1([2H])N(c2cnc([C@H](C)OC)c(-c3c4c5cc(ccc5n3CC(F)(F)F)-c3csc(n3)C[C@H](NC(=O)[C@H](C(C)C)N3CC[C@]5(CCN(C(=O)[C@H]6[C@@H](C7CC7)N6C)C5)C3)C(=O)N3CCC[C@H](N3)C(=O)OCC(C)(C)C4)c2)C([2H])([2H])C([2H])([2H])N(C2CC2)C1([2H])[2H]. The number of hydrazine groups is 1. The monoisotopic (exact) mass is 1150 g/mol. The van der Waals surface area contributed by atoms with Crippen molar-refractivity contribution in [2.45, 2.75) is 154 Å². The van der Waals surface area contributed by atoms with Gasteiger partial charge in [0, 0.05) is 122 Å². The number of thiazole rings is 1. The topological polar surface area (TPSA) is 161 Å². The van der Waals surface area contributed by atoms with Gasteiger partial charge in [0.15, 0.2) is 0 Å². The van der Waals surface area contributed by atoms with E-state index >= 15 is 13.2 Å². The molecule has 4 aromatic rings. The number of halogens is 3. The second-order valence-corrected chi connectivity index (χ2v) is 26.1. The zero-order valence-corrected chi connectivity index (χ0v) is 48.0. The minimum absolute atomic E-state index is 0.0561. The summed E-state index contributed by atoms with van der Waals surface area (Å²) in [5.41, 5.74) is 2.61. The third-order valence-electron chi connectivity index (χ3n) is 18.0. The summed E-state index contributed by atoms with van der Waals surface area (Å²) >= 11 is 1.23. The van der Waals surface area contributed by atoms with Crippen LogP contribution in [0.3, 0.4) is 0 Å². The van der Waals surface area contributed by atoms with Gasteiger partial charge >= 0.3 is 12.1 Å². The summed E-state index contributed by atoms with van der Waals surface area (Å²) in [5, 5.41) is 7.03. The number of esters is 1. The number of piperazine rings is 1. The average molecular weight is 1150 g/mol. The Bertz CT molecular complexity index is 3430. The van der Waals surface area contributed by atoms with Crippen molar-refractivity contribution in [1.82, 2.24) is 49.9 Å². The third kappa shape index (κ3) is 11.5. The fourth-order valence-electron chi connectivity index (χ4n) is 13.4. The molecular formula is C60H80F3N11O6S. The number of fused-ring (bicyclic) bond motifs is 6. The van der Waals surface area contributed by atoms with Gasteiger partial charge in [0.2, 0.25) is 11.8 Å². The highest BCUT2D eigenvalue weighted by Crippen LogP contribution is 2.49. The number of hydrogen-bond acceptors (Lipinski definition) is 14. The van der Waals surface area contributed by atoms with E-state index in [0.29, 0.717) is 101 Å². The molecule has 3 amide bonds. The number of ether oxygens (including phenoxy) is 2. The molecule has 12 rings (SSSR count). The maximum absolute atomic E-state index is 15.4. The van der Waals surface area contributed by atoms with Crippen molar-refractivity contribution >= 4 is 51.6 Å². The van der Waals surface area contributed by atoms with Crippen LogP contribution in [0.2, 0.25) is 0 Å². The second-order valence-electron chi connectivity index (χ2n) is 25.2. The van der Waals surface area contributed by atoms with Crippen LogP contribution in [0, 0.1) is 22.7 Å². The molecule has 0 radical (unpaired) electrons. The molecule has 2 aliphatic carbocycles. The van der Waals surface area contributed by atoms with Crippen LogP contribution in [-0.4, -0.2) is 185 Å². The molecule has 21 heteroatoms. The van der Waals surface area contributed by atoms with Crippen molar-refractivity contribution in [2.24, 2.45) is 22.7 Å². The minimum Gasteiger partial charge on any atom is -0.464 e. The van der Waals surface area contributed by atoms with Crippen LogP contribution < -0.4 is 15.6 Å². The van der Waals surface area contributed by atoms with Crippen molar-refractivity contribution in [1.29, 1.82) is 0 Å². The van der Waals surface area contributed by atoms with Gasteiger partial charge < -0.3 is 29.2 Å². The fraction of sp³-hybridized carbons (Fsp3) is 0.667. The Kier molecular flexibility index (Phi) is 12.7. The molecule has 8 aliphatic rings. The Morgan fingerprint density at radius 1 is 1.01 bits per heavy atom. The summed E-state index contributed by atoms with van der Waals surface area (Å²) < 4.78 is 133. The smallest absolute Gasteiger partial charge is 0.406 e. The molecule has 81 heavy (non-hydrogen) atoms. The molecule has 1 spiro atoms. The molecule has 5 saturated heterocycles. The Labute approximate surface area is 488 Å². The lowest BCUT2D eigenvalue weighted by Crippen LogP contribution is -2.62. The number of carbonyl (C=O) groups excluding carboxylic acids is 4. The van der Waals surface area contributed by atoms with Gasteiger partial charge in [-0.2, -0.15) is 13.2 Å². The van der Waals surface area contributed by atoms with Crippen LogP contribution in [0.4, 0.5) is 18.9 Å². The number of methoxy groups -OCH3 is 1. The number of nitrogens with one attached hydrogen (secondary N) is 2. The molecule has 7 fully saturated rings. The molecule has 9 heterocycles. The first-order chi connectivity index (χ1) is 41.7. The number of anilines is 1. The molecule has 8 atom stereocenters. The van der Waals surface area contributed by atoms with E-state index in [1.54, 1.807) is 38.3 Å². The van der Waals surface area contributed by atoms with E-state index in [1.165, 1.54) is 48.4 Å². The van der Waals surface area contributed by atoms with E-state index in [4.69, 9.17) is 19.9 Å². The normalized spacial score (nSPS) is 32.4. The fourth-order valence-corrected chi connectivity index (χ4v) is 14.2. The average Bonchev–Trinajstić information content (AvgIpc) is 1.35. The number of pyridine rings is 1. The number of alkyl halides is 3. The molecule has 1 aromatic carbocycles. The Balaban J connectivity index is 0.918. The van der Waals surface area contributed by atoms with E-state index in [9.17, 15) is 24.7 Å². The molecule has 1 unspecified atom stereocenters. The Hall–Kier alpha value is -5.19. The molecule has 3 aromatic heterocycles. The van der Waals surface area contributed by atoms with Gasteiger partial charge in [0.25, 0.3) is 5.91 Å². The summed E-state index contributed by atoms with van der Waals surface area (Å²) in [5.74, 6) is -0.896. The van der Waals surface area contributed by atoms with Crippen LogP contribution in [0.5, 0.6) is 0 Å². The number of hydrogen-bond donors (Lipinski definition) is 2. The van der Waals surface area contributed by atoms with E-state index < -0.39 is 92.0 Å². The number of carbonyl (C=O) groups is 4. The molecular weight excluding hydrogens is 1060 g/mol. The van der Waals surface area contributed by atoms with Crippen molar-refractivity contribution in [3.8, 4) is 22.5 Å². The number of rotatable bonds is 12. The van der Waals surface area contributed by atoms with Gasteiger partial charge in [-0.3, -0.25) is 43.9 Å². The number of amides is 3. The highest BCUT2D eigenvalue weighted by molar-refractivity contribution is 7.10. The molecule has 2 saturated carbocycles. The first-order valence-electron chi connectivity index (χ1n) is 32.8. The van der Waals surface area contributed by atoms with E-state index in [2.05, 4.69) is 25.5 Å². The highest BCUT2D eigenvalue weighted by atomic mass is 32.1. The lowest BCUT2D eigenvalue weighted by Gasteiger charge is -2.37. The highest BCUT2D eigenvalue weighted by Gasteiger charge is 2.59. The van der Waals surface area contributed by atoms with Crippen molar-refractivity contribution in [3.05, 3.63) is 52.1 Å². The third-order valence-corrected chi connectivity index (χ3v) is 18.9. The van der Waals surface area contributed by atoms with Crippen LogP contribution in [0.15, 0.2) is 35.8 Å². The van der Waals surface area contributed by atoms with Crippen LogP contribution >= 0.6 is 11.3 Å². The molecule has 438 valence electrons. The first kappa shape index (κ1) is 47.2. The Morgan fingerprint density at radius 3 is 2.49 bits per heavy atom. The number of likely N-dealkylation sites (N-methyl/N-ethyl adjacent to an activating group) is 1. The van der Waals surface area contributed by atoms with Gasteiger partial charge in [0.05, 0.1) is 58.2 Å². The number of cyclic esters (lactones) is 1. The van der Waals surface area contributed by atoms with Gasteiger partial charge in [-0.1, -0.05) is 33.8 Å². The van der Waals surface area contributed by atoms with Gasteiger partial charge in [-0.05, 0) is 114 Å². The molecule has 17 nitrogen and oxygen atoms in total. The summed E-state index contributed by atoms with van der Waals surface area (Å²) in [6.07, 6.45) is 0.417. The van der Waals surface area contributed by atoms with Crippen LogP contribution in [0.1, 0.15) is 119 Å². The number of nitrogens with zero attached hydrogens (tertiary/aromatic N) is 9. The molecule has 6 bridgehead atoms. The second kappa shape index (κ2) is 21.8. The van der Waals surface area contributed by atoms with Crippen LogP contribution in [-0.2, 0) is 48.0 Å². The van der Waals surface area contributed by atoms with E-state index in [1.807, 2.05) is 25.8 Å². The zero-order chi connectivity index (χ0) is 64.0. The number of aromatic nitrogens is 3. The Morgan fingerprint density at radius 2 is 1.78 bits per heavy atom.